The van der Waals surface area contributed by atoms with Gasteiger partial charge in [0.25, 0.3) is 11.5 Å². The molecule has 10 heteroatoms. The Morgan fingerprint density at radius 2 is 1.94 bits per heavy atom. The highest BCUT2D eigenvalue weighted by Crippen LogP contribution is 2.23. The molecular formula is C23H24N6O3S. The van der Waals surface area contributed by atoms with Crippen molar-refractivity contribution < 1.29 is 9.53 Å². The lowest BCUT2D eigenvalue weighted by Gasteiger charge is -2.15. The molecule has 0 fully saturated rings. The van der Waals surface area contributed by atoms with Crippen molar-refractivity contribution in [1.82, 2.24) is 30.0 Å². The van der Waals surface area contributed by atoms with Gasteiger partial charge in [-0.05, 0) is 50.2 Å². The van der Waals surface area contributed by atoms with E-state index in [1.807, 2.05) is 36.6 Å². The first-order valence-electron chi connectivity index (χ1n) is 10.5. The predicted molar refractivity (Wildman–Crippen MR) is 126 cm³/mol. The highest BCUT2D eigenvalue weighted by molar-refractivity contribution is 7.98. The highest BCUT2D eigenvalue weighted by Gasteiger charge is 2.20. The van der Waals surface area contributed by atoms with Gasteiger partial charge in [-0.3, -0.25) is 9.59 Å². The van der Waals surface area contributed by atoms with Crippen LogP contribution in [0, 0.1) is 0 Å². The molecule has 9 nitrogen and oxygen atoms in total. The lowest BCUT2D eigenvalue weighted by Crippen LogP contribution is -2.28. The number of ether oxygens (including phenoxy) is 1. The van der Waals surface area contributed by atoms with Crippen LogP contribution in [0.2, 0.25) is 0 Å². The van der Waals surface area contributed by atoms with Crippen LogP contribution in [0.4, 0.5) is 0 Å². The van der Waals surface area contributed by atoms with E-state index in [9.17, 15) is 9.59 Å². The molecule has 4 rings (SSSR count). The topological polar surface area (TPSA) is 115 Å². The number of H-pyrrole nitrogens is 1. The Hall–Kier alpha value is -3.66. The summed E-state index contributed by atoms with van der Waals surface area (Å²) < 4.78 is 7.08. The molecular weight excluding hydrogens is 440 g/mol. The van der Waals surface area contributed by atoms with E-state index in [0.29, 0.717) is 51.3 Å². The molecule has 2 aromatic carbocycles. The Morgan fingerprint density at radius 3 is 2.67 bits per heavy atom. The van der Waals surface area contributed by atoms with E-state index in [4.69, 9.17) is 4.74 Å². The van der Waals surface area contributed by atoms with Crippen molar-refractivity contribution in [1.29, 1.82) is 0 Å². The second-order valence-electron chi connectivity index (χ2n) is 7.33. The first-order chi connectivity index (χ1) is 16.0. The molecule has 0 aliphatic rings. The number of carbonyl (C=O) groups excluding carboxylic acids is 1. The predicted octanol–water partition coefficient (Wildman–Crippen LogP) is 3.33. The van der Waals surface area contributed by atoms with Gasteiger partial charge in [0, 0.05) is 12.1 Å². The molecule has 1 unspecified atom stereocenters. The fourth-order valence-electron chi connectivity index (χ4n) is 3.45. The van der Waals surface area contributed by atoms with Crippen molar-refractivity contribution in [3.8, 4) is 5.75 Å². The van der Waals surface area contributed by atoms with Gasteiger partial charge in [-0.2, -0.15) is 0 Å². The Labute approximate surface area is 194 Å². The molecule has 1 amide bonds. The van der Waals surface area contributed by atoms with Crippen LogP contribution in [0.5, 0.6) is 5.75 Å². The Balaban J connectivity index is 1.47. The van der Waals surface area contributed by atoms with E-state index >= 15 is 0 Å². The van der Waals surface area contributed by atoms with Crippen LogP contribution in [0.25, 0.3) is 10.9 Å². The van der Waals surface area contributed by atoms with E-state index in [-0.39, 0.29) is 17.5 Å². The maximum absolute atomic E-state index is 12.6. The molecule has 0 aliphatic heterocycles. The van der Waals surface area contributed by atoms with Crippen molar-refractivity contribution in [2.24, 2.45) is 0 Å². The minimum absolute atomic E-state index is 0.163. The number of methoxy groups -OCH3 is 1. The number of nitrogens with zero attached hydrogens (tertiary/aromatic N) is 4. The molecule has 0 radical (unpaired) electrons. The third-order valence-electron chi connectivity index (χ3n) is 5.15. The number of hydrogen-bond donors (Lipinski definition) is 2. The van der Waals surface area contributed by atoms with Gasteiger partial charge in [-0.25, -0.2) is 4.98 Å². The fourth-order valence-corrected chi connectivity index (χ4v) is 4.33. The molecule has 1 atom stereocenters. The maximum Gasteiger partial charge on any atom is 0.258 e. The van der Waals surface area contributed by atoms with E-state index < -0.39 is 0 Å². The van der Waals surface area contributed by atoms with Gasteiger partial charge in [0.05, 0.1) is 29.8 Å². The average molecular weight is 465 g/mol. The molecule has 2 aromatic heterocycles. The third kappa shape index (κ3) is 4.90. The van der Waals surface area contributed by atoms with Gasteiger partial charge >= 0.3 is 0 Å². The van der Waals surface area contributed by atoms with Gasteiger partial charge in [0.15, 0.2) is 11.0 Å². The van der Waals surface area contributed by atoms with Crippen LogP contribution >= 0.6 is 11.8 Å². The first kappa shape index (κ1) is 22.5. The molecule has 0 bridgehead atoms. The first-order valence-corrected chi connectivity index (χ1v) is 11.5. The number of aromatic amines is 1. The van der Waals surface area contributed by atoms with Crippen LogP contribution in [0.15, 0.2) is 58.5 Å². The van der Waals surface area contributed by atoms with Crippen LogP contribution in [0.1, 0.15) is 41.9 Å². The van der Waals surface area contributed by atoms with Crippen molar-refractivity contribution in [2.75, 3.05) is 7.11 Å². The lowest BCUT2D eigenvalue weighted by atomic mass is 10.2. The molecule has 33 heavy (non-hydrogen) atoms. The number of rotatable bonds is 8. The minimum atomic E-state index is -0.347. The molecule has 0 saturated carbocycles. The zero-order chi connectivity index (χ0) is 23.4. The summed E-state index contributed by atoms with van der Waals surface area (Å²) in [6.45, 7) is 4.49. The van der Waals surface area contributed by atoms with E-state index in [0.717, 1.165) is 0 Å². The molecule has 0 saturated heterocycles. The standard InChI is InChI=1S/C23H24N6O3S/c1-4-29-20(14(2)24-21(30)15-9-11-16(32-3)12-10-15)27-28-23(29)33-13-19-25-18-8-6-5-7-17(18)22(31)26-19/h5-12,14H,4,13H2,1-3H3,(H,24,30)(H,25,26,31). The number of aromatic nitrogens is 5. The zero-order valence-electron chi connectivity index (χ0n) is 18.5. The summed E-state index contributed by atoms with van der Waals surface area (Å²) in [5.41, 5.74) is 1.03. The van der Waals surface area contributed by atoms with Crippen molar-refractivity contribution in [3.63, 3.8) is 0 Å². The Kier molecular flexibility index (Phi) is 6.74. The van der Waals surface area contributed by atoms with Crippen LogP contribution < -0.4 is 15.6 Å². The van der Waals surface area contributed by atoms with E-state index in [1.54, 1.807) is 37.4 Å². The van der Waals surface area contributed by atoms with Crippen molar-refractivity contribution in [2.45, 2.75) is 37.3 Å². The van der Waals surface area contributed by atoms with E-state index in [2.05, 4.69) is 25.5 Å². The average Bonchev–Trinajstić information content (AvgIpc) is 3.26. The van der Waals surface area contributed by atoms with Gasteiger partial charge in [-0.1, -0.05) is 23.9 Å². The number of fused-ring (bicyclic) bond motifs is 1. The third-order valence-corrected chi connectivity index (χ3v) is 6.13. The van der Waals surface area contributed by atoms with E-state index in [1.165, 1.54) is 11.8 Å². The summed E-state index contributed by atoms with van der Waals surface area (Å²) in [6, 6.07) is 13.8. The summed E-state index contributed by atoms with van der Waals surface area (Å²) >= 11 is 1.43. The SMILES string of the molecule is CCn1c(SCc2nc3ccccc3c(=O)[nH]2)nnc1C(C)NC(=O)c1ccc(OC)cc1. The Bertz CT molecular complexity index is 1330. The number of hydrogen-bond acceptors (Lipinski definition) is 7. The summed E-state index contributed by atoms with van der Waals surface area (Å²) in [4.78, 5) is 32.3. The fraction of sp³-hybridized carbons (Fsp3) is 0.261. The second-order valence-corrected chi connectivity index (χ2v) is 8.27. The number of carbonyl (C=O) groups is 1. The minimum Gasteiger partial charge on any atom is -0.497 e. The maximum atomic E-state index is 12.6. The number of thioether (sulfide) groups is 1. The van der Waals surface area contributed by atoms with Gasteiger partial charge < -0.3 is 19.6 Å². The zero-order valence-corrected chi connectivity index (χ0v) is 19.3. The lowest BCUT2D eigenvalue weighted by molar-refractivity contribution is 0.0937. The van der Waals surface area contributed by atoms with Crippen LogP contribution in [-0.2, 0) is 12.3 Å². The molecule has 2 heterocycles. The normalized spacial score (nSPS) is 12.0. The largest absolute Gasteiger partial charge is 0.497 e. The van der Waals surface area contributed by atoms with Crippen molar-refractivity contribution >= 4 is 28.6 Å². The Morgan fingerprint density at radius 1 is 1.18 bits per heavy atom. The number of nitrogens with one attached hydrogen (secondary N) is 2. The van der Waals surface area contributed by atoms with Crippen LogP contribution in [-0.4, -0.2) is 37.7 Å². The molecule has 2 N–H and O–H groups in total. The quantitative estimate of drug-likeness (QED) is 0.384. The summed E-state index contributed by atoms with van der Waals surface area (Å²) in [6.07, 6.45) is 0. The van der Waals surface area contributed by atoms with Gasteiger partial charge in [0.2, 0.25) is 0 Å². The summed E-state index contributed by atoms with van der Waals surface area (Å²) in [7, 11) is 1.58. The summed E-state index contributed by atoms with van der Waals surface area (Å²) in [5, 5.41) is 12.8. The number of para-hydroxylation sites is 1. The summed E-state index contributed by atoms with van der Waals surface area (Å²) in [5.74, 6) is 2.14. The van der Waals surface area contributed by atoms with Crippen LogP contribution in [0.3, 0.4) is 0 Å². The van der Waals surface area contributed by atoms with Gasteiger partial charge in [0.1, 0.15) is 11.6 Å². The number of benzene rings is 2. The monoisotopic (exact) mass is 464 g/mol. The smallest absolute Gasteiger partial charge is 0.258 e. The molecule has 0 spiro atoms. The number of amides is 1. The second kappa shape index (κ2) is 9.86. The van der Waals surface area contributed by atoms with Gasteiger partial charge in [-0.15, -0.1) is 10.2 Å². The highest BCUT2D eigenvalue weighted by atomic mass is 32.2. The van der Waals surface area contributed by atoms with Crippen molar-refractivity contribution in [3.05, 3.63) is 76.1 Å². The molecule has 4 aromatic rings. The molecule has 0 aliphatic carbocycles. The molecule has 170 valence electrons.